The van der Waals surface area contributed by atoms with Gasteiger partial charge in [-0.05, 0) is 26.2 Å². The van der Waals surface area contributed by atoms with Crippen LogP contribution >= 0.6 is 11.6 Å². The molecule has 122 valence electrons. The molecule has 0 spiro atoms. The first-order chi connectivity index (χ1) is 10.6. The van der Waals surface area contributed by atoms with Gasteiger partial charge in [-0.15, -0.1) is 0 Å². The van der Waals surface area contributed by atoms with Crippen molar-refractivity contribution in [2.75, 3.05) is 32.6 Å². The summed E-state index contributed by atoms with van der Waals surface area (Å²) in [5.41, 5.74) is 0.696. The van der Waals surface area contributed by atoms with Gasteiger partial charge in [0.15, 0.2) is 0 Å². The van der Waals surface area contributed by atoms with Crippen LogP contribution in [-0.2, 0) is 4.79 Å². The molecular weight excluding hydrogens is 304 g/mol. The number of anilines is 1. The topological polar surface area (TPSA) is 50.8 Å². The van der Waals surface area contributed by atoms with E-state index in [0.29, 0.717) is 28.3 Å². The van der Waals surface area contributed by atoms with E-state index < -0.39 is 0 Å². The minimum absolute atomic E-state index is 0.100. The molecule has 1 amide bonds. The molecule has 1 fully saturated rings. The van der Waals surface area contributed by atoms with Gasteiger partial charge in [-0.3, -0.25) is 4.79 Å². The minimum atomic E-state index is 0.100. The molecule has 1 saturated heterocycles. The first-order valence-electron chi connectivity index (χ1n) is 7.51. The number of hydrogen-bond donors (Lipinski definition) is 1. The highest BCUT2D eigenvalue weighted by Gasteiger charge is 2.23. The normalized spacial score (nSPS) is 18.0. The summed E-state index contributed by atoms with van der Waals surface area (Å²) in [6.07, 6.45) is 3.35. The first-order valence-corrected chi connectivity index (χ1v) is 7.89. The Kier molecular flexibility index (Phi) is 5.77. The zero-order valence-corrected chi connectivity index (χ0v) is 14.1. The van der Waals surface area contributed by atoms with E-state index in [0.717, 1.165) is 19.4 Å². The summed E-state index contributed by atoms with van der Waals surface area (Å²) in [5, 5.41) is 3.60. The fourth-order valence-electron chi connectivity index (χ4n) is 2.74. The zero-order chi connectivity index (χ0) is 16.1. The number of ether oxygens (including phenoxy) is 2. The molecule has 1 aliphatic rings. The quantitative estimate of drug-likeness (QED) is 0.903. The van der Waals surface area contributed by atoms with Crippen LogP contribution in [0.2, 0.25) is 5.02 Å². The molecule has 0 saturated carbocycles. The number of piperidine rings is 1. The number of methoxy groups -OCH3 is 2. The van der Waals surface area contributed by atoms with E-state index >= 15 is 0 Å². The monoisotopic (exact) mass is 326 g/mol. The SMILES string of the molecule is COc1cc(NCC(=O)N2CCCCC2C)c(OC)cc1Cl. The molecule has 1 heterocycles. The number of rotatable bonds is 5. The smallest absolute Gasteiger partial charge is 0.242 e. The maximum atomic E-state index is 12.4. The Morgan fingerprint density at radius 2 is 2.05 bits per heavy atom. The Bertz CT molecular complexity index is 536. The second-order valence-corrected chi connectivity index (χ2v) is 5.88. The number of benzene rings is 1. The zero-order valence-electron chi connectivity index (χ0n) is 13.3. The van der Waals surface area contributed by atoms with Crippen molar-refractivity contribution in [3.05, 3.63) is 17.2 Å². The molecule has 6 heteroatoms. The van der Waals surface area contributed by atoms with Crippen LogP contribution in [0, 0.1) is 0 Å². The highest BCUT2D eigenvalue weighted by Crippen LogP contribution is 2.35. The molecule has 0 aliphatic carbocycles. The van der Waals surface area contributed by atoms with E-state index in [1.165, 1.54) is 6.42 Å². The number of halogens is 1. The fraction of sp³-hybridized carbons (Fsp3) is 0.562. The van der Waals surface area contributed by atoms with E-state index in [4.69, 9.17) is 21.1 Å². The molecule has 1 unspecified atom stereocenters. The van der Waals surface area contributed by atoms with E-state index in [1.54, 1.807) is 26.4 Å². The van der Waals surface area contributed by atoms with Gasteiger partial charge in [0.1, 0.15) is 11.5 Å². The molecule has 1 aromatic rings. The van der Waals surface area contributed by atoms with Crippen LogP contribution in [-0.4, -0.2) is 44.2 Å². The number of amides is 1. The van der Waals surface area contributed by atoms with Crippen LogP contribution in [0.25, 0.3) is 0 Å². The van der Waals surface area contributed by atoms with Crippen LogP contribution in [0.5, 0.6) is 11.5 Å². The Morgan fingerprint density at radius 3 is 2.68 bits per heavy atom. The summed E-state index contributed by atoms with van der Waals surface area (Å²) < 4.78 is 10.5. The summed E-state index contributed by atoms with van der Waals surface area (Å²) in [6, 6.07) is 3.73. The van der Waals surface area contributed by atoms with Crippen LogP contribution in [0.3, 0.4) is 0 Å². The maximum absolute atomic E-state index is 12.4. The van der Waals surface area contributed by atoms with Gasteiger partial charge in [0.05, 0.1) is 31.5 Å². The first kappa shape index (κ1) is 16.7. The van der Waals surface area contributed by atoms with Crippen LogP contribution in [0.15, 0.2) is 12.1 Å². The lowest BCUT2D eigenvalue weighted by Crippen LogP contribution is -2.44. The van der Waals surface area contributed by atoms with Crippen LogP contribution < -0.4 is 14.8 Å². The van der Waals surface area contributed by atoms with Crippen LogP contribution in [0.1, 0.15) is 26.2 Å². The third kappa shape index (κ3) is 3.77. The molecule has 1 aliphatic heterocycles. The van der Waals surface area contributed by atoms with Gasteiger partial charge in [-0.1, -0.05) is 11.6 Å². The fourth-order valence-corrected chi connectivity index (χ4v) is 2.97. The Morgan fingerprint density at radius 1 is 1.32 bits per heavy atom. The number of nitrogens with zero attached hydrogens (tertiary/aromatic N) is 1. The Hall–Kier alpha value is -1.62. The van der Waals surface area contributed by atoms with Crippen molar-refractivity contribution in [1.29, 1.82) is 0 Å². The number of carbonyl (C=O) groups excluding carboxylic acids is 1. The van der Waals surface area contributed by atoms with Crippen molar-refractivity contribution < 1.29 is 14.3 Å². The number of likely N-dealkylation sites (tertiary alicyclic amines) is 1. The van der Waals surface area contributed by atoms with Crippen molar-refractivity contribution in [2.24, 2.45) is 0 Å². The molecule has 1 atom stereocenters. The van der Waals surface area contributed by atoms with Crippen LogP contribution in [0.4, 0.5) is 5.69 Å². The molecule has 2 rings (SSSR count). The number of carbonyl (C=O) groups is 1. The molecule has 0 aromatic heterocycles. The molecule has 0 bridgehead atoms. The van der Waals surface area contributed by atoms with E-state index in [2.05, 4.69) is 12.2 Å². The van der Waals surface area contributed by atoms with Gasteiger partial charge >= 0.3 is 0 Å². The van der Waals surface area contributed by atoms with E-state index in [9.17, 15) is 4.79 Å². The standard InChI is InChI=1S/C16H23ClN2O3/c1-11-6-4-5-7-19(11)16(20)10-18-13-9-14(21-2)12(17)8-15(13)22-3/h8-9,11,18H,4-7,10H2,1-3H3. The summed E-state index contributed by atoms with van der Waals surface area (Å²) in [4.78, 5) is 14.3. The van der Waals surface area contributed by atoms with Gasteiger partial charge in [0.2, 0.25) is 5.91 Å². The van der Waals surface area contributed by atoms with Gasteiger partial charge in [0.25, 0.3) is 0 Å². The largest absolute Gasteiger partial charge is 0.495 e. The van der Waals surface area contributed by atoms with Gasteiger partial charge in [0, 0.05) is 24.7 Å². The second kappa shape index (κ2) is 7.58. The maximum Gasteiger partial charge on any atom is 0.242 e. The third-order valence-corrected chi connectivity index (χ3v) is 4.32. The molecule has 0 radical (unpaired) electrons. The highest BCUT2D eigenvalue weighted by atomic mass is 35.5. The highest BCUT2D eigenvalue weighted by molar-refractivity contribution is 6.32. The lowest BCUT2D eigenvalue weighted by atomic mass is 10.0. The molecular formula is C16H23ClN2O3. The number of hydrogen-bond acceptors (Lipinski definition) is 4. The molecule has 1 N–H and O–H groups in total. The van der Waals surface area contributed by atoms with Gasteiger partial charge in [-0.25, -0.2) is 0 Å². The lowest BCUT2D eigenvalue weighted by molar-refractivity contribution is -0.132. The van der Waals surface area contributed by atoms with E-state index in [-0.39, 0.29) is 12.5 Å². The van der Waals surface area contributed by atoms with Crippen molar-refractivity contribution in [2.45, 2.75) is 32.2 Å². The third-order valence-electron chi connectivity index (χ3n) is 4.03. The van der Waals surface area contributed by atoms with Crippen molar-refractivity contribution in [3.8, 4) is 11.5 Å². The molecule has 22 heavy (non-hydrogen) atoms. The Balaban J connectivity index is 2.05. The predicted molar refractivity (Wildman–Crippen MR) is 88.1 cm³/mol. The summed E-state index contributed by atoms with van der Waals surface area (Å²) in [6.45, 7) is 3.16. The van der Waals surface area contributed by atoms with Crippen molar-refractivity contribution in [1.82, 2.24) is 4.90 Å². The summed E-state index contributed by atoms with van der Waals surface area (Å²) in [5.74, 6) is 1.23. The van der Waals surface area contributed by atoms with Crippen molar-refractivity contribution in [3.63, 3.8) is 0 Å². The molecule has 5 nitrogen and oxygen atoms in total. The predicted octanol–water partition coefficient (Wildman–Crippen LogP) is 3.17. The number of nitrogens with one attached hydrogen (secondary N) is 1. The van der Waals surface area contributed by atoms with Crippen molar-refractivity contribution >= 4 is 23.2 Å². The Labute approximate surface area is 136 Å². The van der Waals surface area contributed by atoms with Gasteiger partial charge < -0.3 is 19.7 Å². The van der Waals surface area contributed by atoms with Gasteiger partial charge in [-0.2, -0.15) is 0 Å². The second-order valence-electron chi connectivity index (χ2n) is 5.47. The average molecular weight is 327 g/mol. The summed E-state index contributed by atoms with van der Waals surface area (Å²) in [7, 11) is 3.12. The van der Waals surface area contributed by atoms with E-state index in [1.807, 2.05) is 4.90 Å². The molecule has 1 aromatic carbocycles. The lowest BCUT2D eigenvalue weighted by Gasteiger charge is -2.33. The summed E-state index contributed by atoms with van der Waals surface area (Å²) >= 11 is 6.08. The minimum Gasteiger partial charge on any atom is -0.495 e. The average Bonchev–Trinajstić information content (AvgIpc) is 2.53.